The predicted octanol–water partition coefficient (Wildman–Crippen LogP) is 1.74. The van der Waals surface area contributed by atoms with E-state index in [1.807, 2.05) is 0 Å². The maximum absolute atomic E-state index is 12.0. The van der Waals surface area contributed by atoms with Gasteiger partial charge in [0.25, 0.3) is 0 Å². The quantitative estimate of drug-likeness (QED) is 0.777. The third-order valence-corrected chi connectivity index (χ3v) is 6.38. The molecule has 124 valence electrons. The minimum Gasteiger partial charge on any atom is -0.381 e. The molecule has 0 amide bonds. The fourth-order valence-corrected chi connectivity index (χ4v) is 4.95. The van der Waals surface area contributed by atoms with Crippen LogP contribution in [0.4, 0.5) is 0 Å². The average Bonchev–Trinajstić information content (AvgIpc) is 2.94. The number of likely N-dealkylation sites (tertiary alicyclic amines) is 1. The first kappa shape index (κ1) is 17.2. The molecule has 0 aromatic carbocycles. The van der Waals surface area contributed by atoms with E-state index in [-0.39, 0.29) is 11.9 Å². The average molecular weight is 318 g/mol. The number of hydrogen-bond acceptors (Lipinski definition) is 4. The van der Waals surface area contributed by atoms with Gasteiger partial charge in [-0.1, -0.05) is 19.3 Å². The van der Waals surface area contributed by atoms with Gasteiger partial charge in [0.2, 0.25) is 10.0 Å². The van der Waals surface area contributed by atoms with Crippen LogP contribution in [0.2, 0.25) is 0 Å². The molecule has 1 aliphatic carbocycles. The molecule has 2 fully saturated rings. The molecular formula is C15H30N2O3S. The van der Waals surface area contributed by atoms with Crippen LogP contribution in [0.5, 0.6) is 0 Å². The van der Waals surface area contributed by atoms with Gasteiger partial charge in [-0.05, 0) is 39.2 Å². The first-order valence-electron chi connectivity index (χ1n) is 8.27. The second kappa shape index (κ2) is 7.90. The lowest BCUT2D eigenvalue weighted by Gasteiger charge is -2.35. The van der Waals surface area contributed by atoms with Gasteiger partial charge >= 0.3 is 0 Å². The lowest BCUT2D eigenvalue weighted by atomic mass is 9.94. The maximum atomic E-state index is 12.0. The Morgan fingerprint density at radius 2 is 1.90 bits per heavy atom. The number of methoxy groups -OCH3 is 1. The monoisotopic (exact) mass is 318 g/mol. The molecule has 1 N–H and O–H groups in total. The fourth-order valence-electron chi connectivity index (χ4n) is 3.63. The highest BCUT2D eigenvalue weighted by Crippen LogP contribution is 2.28. The molecular weight excluding hydrogens is 288 g/mol. The van der Waals surface area contributed by atoms with Crippen molar-refractivity contribution in [2.45, 2.75) is 70.1 Å². The molecule has 5 nitrogen and oxygen atoms in total. The van der Waals surface area contributed by atoms with Gasteiger partial charge in [-0.25, -0.2) is 13.1 Å². The molecule has 1 saturated heterocycles. The SMILES string of the molecule is CO[C@@H](C)CS(=O)(=O)NC[C@H]1CCCN1C1CCCCC1. The van der Waals surface area contributed by atoms with Gasteiger partial charge in [-0.15, -0.1) is 0 Å². The van der Waals surface area contributed by atoms with Crippen molar-refractivity contribution in [2.75, 3.05) is 26.0 Å². The lowest BCUT2D eigenvalue weighted by molar-refractivity contribution is 0.135. The standard InChI is InChI=1S/C15H30N2O3S/c1-13(20-2)12-21(18,19)16-11-15-9-6-10-17(15)14-7-4-3-5-8-14/h13-16H,3-12H2,1-2H3/t13-,15+/m0/s1. The van der Waals surface area contributed by atoms with Crippen LogP contribution < -0.4 is 4.72 Å². The number of nitrogens with one attached hydrogen (secondary N) is 1. The number of ether oxygens (including phenoxy) is 1. The Kier molecular flexibility index (Phi) is 6.47. The molecule has 0 bridgehead atoms. The first-order chi connectivity index (χ1) is 10.0. The molecule has 0 aromatic heterocycles. The van der Waals surface area contributed by atoms with E-state index in [4.69, 9.17) is 4.74 Å². The van der Waals surface area contributed by atoms with E-state index in [0.717, 1.165) is 13.0 Å². The van der Waals surface area contributed by atoms with Crippen LogP contribution in [0.15, 0.2) is 0 Å². The van der Waals surface area contributed by atoms with Crippen molar-refractivity contribution >= 4 is 10.0 Å². The summed E-state index contributed by atoms with van der Waals surface area (Å²) in [6.45, 7) is 3.46. The molecule has 1 aliphatic heterocycles. The summed E-state index contributed by atoms with van der Waals surface area (Å²) < 4.78 is 31.9. The van der Waals surface area contributed by atoms with E-state index in [1.165, 1.54) is 38.5 Å². The van der Waals surface area contributed by atoms with Crippen molar-refractivity contribution in [3.63, 3.8) is 0 Å². The van der Waals surface area contributed by atoms with Crippen LogP contribution in [0.25, 0.3) is 0 Å². The molecule has 0 unspecified atom stereocenters. The smallest absolute Gasteiger partial charge is 0.214 e. The van der Waals surface area contributed by atoms with E-state index < -0.39 is 10.0 Å². The van der Waals surface area contributed by atoms with Gasteiger partial charge in [-0.3, -0.25) is 4.90 Å². The van der Waals surface area contributed by atoms with Crippen LogP contribution in [0.1, 0.15) is 51.9 Å². The second-order valence-corrected chi connectivity index (χ2v) is 8.35. The number of nitrogens with zero attached hydrogens (tertiary/aromatic N) is 1. The minimum absolute atomic E-state index is 0.0413. The van der Waals surface area contributed by atoms with E-state index in [0.29, 0.717) is 18.6 Å². The topological polar surface area (TPSA) is 58.6 Å². The van der Waals surface area contributed by atoms with Crippen molar-refractivity contribution in [3.8, 4) is 0 Å². The van der Waals surface area contributed by atoms with Crippen molar-refractivity contribution < 1.29 is 13.2 Å². The van der Waals surface area contributed by atoms with E-state index in [2.05, 4.69) is 9.62 Å². The van der Waals surface area contributed by atoms with Crippen LogP contribution >= 0.6 is 0 Å². The summed E-state index contributed by atoms with van der Waals surface area (Å²) in [5, 5.41) is 0. The summed E-state index contributed by atoms with van der Waals surface area (Å²) in [6, 6.07) is 1.05. The summed E-state index contributed by atoms with van der Waals surface area (Å²) >= 11 is 0. The van der Waals surface area contributed by atoms with Crippen molar-refractivity contribution in [3.05, 3.63) is 0 Å². The molecule has 0 aromatic rings. The summed E-state index contributed by atoms with van der Waals surface area (Å²) in [4.78, 5) is 2.56. The Bertz CT molecular complexity index is 407. The van der Waals surface area contributed by atoms with Crippen molar-refractivity contribution in [2.24, 2.45) is 0 Å². The van der Waals surface area contributed by atoms with Gasteiger partial charge < -0.3 is 4.74 Å². The molecule has 21 heavy (non-hydrogen) atoms. The Morgan fingerprint density at radius 1 is 1.19 bits per heavy atom. The highest BCUT2D eigenvalue weighted by atomic mass is 32.2. The number of sulfonamides is 1. The number of rotatable bonds is 7. The van der Waals surface area contributed by atoms with Crippen molar-refractivity contribution in [1.82, 2.24) is 9.62 Å². The Hall–Kier alpha value is -0.170. The minimum atomic E-state index is -3.24. The normalized spacial score (nSPS) is 27.0. The molecule has 2 rings (SSSR count). The zero-order valence-electron chi connectivity index (χ0n) is 13.4. The van der Waals surface area contributed by atoms with Crippen LogP contribution in [-0.2, 0) is 14.8 Å². The summed E-state index contributed by atoms with van der Waals surface area (Å²) in [7, 11) is -1.69. The van der Waals surface area contributed by atoms with Gasteiger partial charge in [0.1, 0.15) is 0 Å². The molecule has 1 heterocycles. The Morgan fingerprint density at radius 3 is 2.57 bits per heavy atom. The van der Waals surface area contributed by atoms with E-state index >= 15 is 0 Å². The lowest BCUT2D eigenvalue weighted by Crippen LogP contribution is -2.46. The van der Waals surface area contributed by atoms with Crippen LogP contribution in [0.3, 0.4) is 0 Å². The third kappa shape index (κ3) is 5.20. The highest BCUT2D eigenvalue weighted by molar-refractivity contribution is 7.89. The molecule has 1 saturated carbocycles. The third-order valence-electron chi connectivity index (χ3n) is 4.86. The maximum Gasteiger partial charge on any atom is 0.214 e. The van der Waals surface area contributed by atoms with Gasteiger partial charge in [-0.2, -0.15) is 0 Å². The number of hydrogen-bond donors (Lipinski definition) is 1. The first-order valence-corrected chi connectivity index (χ1v) is 9.93. The summed E-state index contributed by atoms with van der Waals surface area (Å²) in [5.74, 6) is 0.0413. The second-order valence-electron chi connectivity index (χ2n) is 6.50. The summed E-state index contributed by atoms with van der Waals surface area (Å²) in [5.41, 5.74) is 0. The Labute approximate surface area is 129 Å². The predicted molar refractivity (Wildman–Crippen MR) is 84.9 cm³/mol. The van der Waals surface area contributed by atoms with Gasteiger partial charge in [0.15, 0.2) is 0 Å². The summed E-state index contributed by atoms with van der Waals surface area (Å²) in [6.07, 6.45) is 8.61. The zero-order chi connectivity index (χ0) is 15.3. The zero-order valence-corrected chi connectivity index (χ0v) is 14.2. The fraction of sp³-hybridized carbons (Fsp3) is 1.00. The molecule has 2 aliphatic rings. The molecule has 6 heteroatoms. The van der Waals surface area contributed by atoms with Crippen molar-refractivity contribution in [1.29, 1.82) is 0 Å². The largest absolute Gasteiger partial charge is 0.381 e. The van der Waals surface area contributed by atoms with Gasteiger partial charge in [0.05, 0.1) is 11.9 Å². The molecule has 2 atom stereocenters. The molecule has 0 spiro atoms. The Balaban J connectivity index is 1.83. The van der Waals surface area contributed by atoms with E-state index in [1.54, 1.807) is 14.0 Å². The van der Waals surface area contributed by atoms with Crippen LogP contribution in [-0.4, -0.2) is 57.5 Å². The van der Waals surface area contributed by atoms with E-state index in [9.17, 15) is 8.42 Å². The van der Waals surface area contributed by atoms with Crippen LogP contribution in [0, 0.1) is 0 Å². The molecule has 0 radical (unpaired) electrons. The highest BCUT2D eigenvalue weighted by Gasteiger charge is 2.32. The van der Waals surface area contributed by atoms with Gasteiger partial charge in [0, 0.05) is 25.7 Å².